The second kappa shape index (κ2) is 6.50. The first-order valence-electron chi connectivity index (χ1n) is 6.12. The van der Waals surface area contributed by atoms with Crippen LogP contribution in [0.1, 0.15) is 36.2 Å². The highest BCUT2D eigenvalue weighted by Crippen LogP contribution is 2.21. The Labute approximate surface area is 121 Å². The summed E-state index contributed by atoms with van der Waals surface area (Å²) in [5.74, 6) is -0.271. The van der Waals surface area contributed by atoms with Gasteiger partial charge in [0, 0.05) is 19.2 Å². The van der Waals surface area contributed by atoms with Gasteiger partial charge in [-0.3, -0.25) is 4.79 Å². The van der Waals surface area contributed by atoms with Crippen LogP contribution in [0.15, 0.2) is 6.07 Å². The first-order valence-corrected chi connectivity index (χ1v) is 6.88. The Hall–Kier alpha value is -0.910. The first-order chi connectivity index (χ1) is 9.08. The lowest BCUT2D eigenvalue weighted by Crippen LogP contribution is -2.39. The highest BCUT2D eigenvalue weighted by atomic mass is 35.5. The monoisotopic (exact) mass is 303 g/mol. The number of carbonyl (C=O) groups excluding carboxylic acids is 1. The van der Waals surface area contributed by atoms with Crippen molar-refractivity contribution in [2.75, 3.05) is 7.11 Å². The molecule has 1 aliphatic rings. The number of nitrogens with one attached hydrogen (secondary N) is 1. The number of hydrogen-bond donors (Lipinski definition) is 1. The van der Waals surface area contributed by atoms with Gasteiger partial charge < -0.3 is 10.1 Å². The van der Waals surface area contributed by atoms with E-state index in [-0.39, 0.29) is 28.1 Å². The molecule has 0 aromatic carbocycles. The molecule has 0 unspecified atom stereocenters. The molecule has 0 atom stereocenters. The van der Waals surface area contributed by atoms with Gasteiger partial charge in [-0.15, -0.1) is 0 Å². The van der Waals surface area contributed by atoms with Crippen molar-refractivity contribution in [2.45, 2.75) is 37.8 Å². The maximum Gasteiger partial charge on any atom is 0.270 e. The van der Waals surface area contributed by atoms with Gasteiger partial charge in [-0.25, -0.2) is 9.97 Å². The van der Waals surface area contributed by atoms with Gasteiger partial charge in [-0.05, 0) is 37.3 Å². The molecule has 19 heavy (non-hydrogen) atoms. The minimum atomic E-state index is -0.271. The molecule has 0 aliphatic heterocycles. The van der Waals surface area contributed by atoms with E-state index in [1.54, 1.807) is 7.11 Å². The van der Waals surface area contributed by atoms with E-state index in [1.807, 2.05) is 0 Å². The SMILES string of the molecule is COC1CCC(NC(=O)c2cc(Cl)nc(Cl)n2)CC1. The number of halogens is 2. The summed E-state index contributed by atoms with van der Waals surface area (Å²) in [6.07, 6.45) is 4.00. The molecule has 1 saturated carbocycles. The predicted octanol–water partition coefficient (Wildman–Crippen LogP) is 2.47. The van der Waals surface area contributed by atoms with Crippen molar-refractivity contribution in [2.24, 2.45) is 0 Å². The fourth-order valence-electron chi connectivity index (χ4n) is 2.21. The molecular weight excluding hydrogens is 289 g/mol. The van der Waals surface area contributed by atoms with Crippen LogP contribution in [0.3, 0.4) is 0 Å². The molecule has 1 fully saturated rings. The lowest BCUT2D eigenvalue weighted by Gasteiger charge is -2.28. The standard InChI is InChI=1S/C12H15Cl2N3O2/c1-19-8-4-2-7(3-5-8)15-11(18)9-6-10(13)17-12(14)16-9/h6-8H,2-5H2,1H3,(H,15,18). The minimum Gasteiger partial charge on any atom is -0.381 e. The molecule has 5 nitrogen and oxygen atoms in total. The van der Waals surface area contributed by atoms with Crippen LogP contribution >= 0.6 is 23.2 Å². The molecule has 0 radical (unpaired) electrons. The molecule has 7 heteroatoms. The summed E-state index contributed by atoms with van der Waals surface area (Å²) in [7, 11) is 1.72. The van der Waals surface area contributed by atoms with E-state index in [0.29, 0.717) is 6.10 Å². The van der Waals surface area contributed by atoms with Gasteiger partial charge >= 0.3 is 0 Å². The maximum atomic E-state index is 12.0. The number of aromatic nitrogens is 2. The van der Waals surface area contributed by atoms with Crippen LogP contribution in [0.5, 0.6) is 0 Å². The number of hydrogen-bond acceptors (Lipinski definition) is 4. The Kier molecular flexibility index (Phi) is 4.96. The quantitative estimate of drug-likeness (QED) is 0.688. The van der Waals surface area contributed by atoms with Crippen LogP contribution in [-0.2, 0) is 4.74 Å². The van der Waals surface area contributed by atoms with Gasteiger partial charge in [-0.1, -0.05) is 11.6 Å². The summed E-state index contributed by atoms with van der Waals surface area (Å²) < 4.78 is 5.29. The summed E-state index contributed by atoms with van der Waals surface area (Å²) in [5, 5.41) is 3.07. The molecule has 1 N–H and O–H groups in total. The van der Waals surface area contributed by atoms with Gasteiger partial charge in [0.2, 0.25) is 5.28 Å². The van der Waals surface area contributed by atoms with Crippen molar-refractivity contribution < 1.29 is 9.53 Å². The van der Waals surface area contributed by atoms with Crippen LogP contribution in [0, 0.1) is 0 Å². The van der Waals surface area contributed by atoms with Crippen molar-refractivity contribution >= 4 is 29.1 Å². The molecule has 2 rings (SSSR count). The third kappa shape index (κ3) is 4.03. The van der Waals surface area contributed by atoms with Crippen molar-refractivity contribution in [3.63, 3.8) is 0 Å². The molecule has 1 amide bonds. The van der Waals surface area contributed by atoms with Gasteiger partial charge in [0.15, 0.2) is 0 Å². The Morgan fingerprint density at radius 2 is 2.00 bits per heavy atom. The van der Waals surface area contributed by atoms with E-state index in [1.165, 1.54) is 6.07 Å². The fraction of sp³-hybridized carbons (Fsp3) is 0.583. The smallest absolute Gasteiger partial charge is 0.270 e. The number of rotatable bonds is 3. The Morgan fingerprint density at radius 3 is 2.58 bits per heavy atom. The second-order valence-corrected chi connectivity index (χ2v) is 5.25. The van der Waals surface area contributed by atoms with E-state index >= 15 is 0 Å². The zero-order chi connectivity index (χ0) is 13.8. The van der Waals surface area contributed by atoms with Crippen molar-refractivity contribution in [3.05, 3.63) is 22.2 Å². The summed E-state index contributed by atoms with van der Waals surface area (Å²) in [6, 6.07) is 1.55. The summed E-state index contributed by atoms with van der Waals surface area (Å²) >= 11 is 11.4. The second-order valence-electron chi connectivity index (χ2n) is 4.53. The van der Waals surface area contributed by atoms with E-state index in [0.717, 1.165) is 25.7 Å². The number of nitrogens with zero attached hydrogens (tertiary/aromatic N) is 2. The molecule has 0 spiro atoms. The maximum absolute atomic E-state index is 12.0. The third-order valence-electron chi connectivity index (χ3n) is 3.24. The van der Waals surface area contributed by atoms with Crippen LogP contribution in [0.25, 0.3) is 0 Å². The van der Waals surface area contributed by atoms with Gasteiger partial charge in [-0.2, -0.15) is 0 Å². The minimum absolute atomic E-state index is 0.0271. The largest absolute Gasteiger partial charge is 0.381 e. The number of methoxy groups -OCH3 is 1. The van der Waals surface area contributed by atoms with E-state index in [9.17, 15) is 4.79 Å². The summed E-state index contributed by atoms with van der Waals surface area (Å²) in [5.41, 5.74) is 0.193. The van der Waals surface area contributed by atoms with Gasteiger partial charge in [0.25, 0.3) is 5.91 Å². The molecule has 0 saturated heterocycles. The molecule has 1 heterocycles. The van der Waals surface area contributed by atoms with Gasteiger partial charge in [0.05, 0.1) is 6.10 Å². The Bertz CT molecular complexity index is 442. The first kappa shape index (κ1) is 14.5. The average Bonchev–Trinajstić information content (AvgIpc) is 2.38. The molecular formula is C12H15Cl2N3O2. The number of carbonyl (C=O) groups is 1. The Morgan fingerprint density at radius 1 is 1.32 bits per heavy atom. The predicted molar refractivity (Wildman–Crippen MR) is 72.6 cm³/mol. The van der Waals surface area contributed by atoms with E-state index < -0.39 is 0 Å². The van der Waals surface area contributed by atoms with Crippen molar-refractivity contribution in [3.8, 4) is 0 Å². The van der Waals surface area contributed by atoms with Gasteiger partial charge in [0.1, 0.15) is 10.8 Å². The van der Waals surface area contributed by atoms with Crippen LogP contribution in [0.4, 0.5) is 0 Å². The lowest BCUT2D eigenvalue weighted by molar-refractivity contribution is 0.0598. The number of ether oxygens (including phenoxy) is 1. The highest BCUT2D eigenvalue weighted by molar-refractivity contribution is 6.32. The van der Waals surface area contributed by atoms with Crippen LogP contribution in [-0.4, -0.2) is 35.1 Å². The number of amides is 1. The van der Waals surface area contributed by atoms with E-state index in [4.69, 9.17) is 27.9 Å². The highest BCUT2D eigenvalue weighted by Gasteiger charge is 2.23. The molecule has 1 aliphatic carbocycles. The lowest BCUT2D eigenvalue weighted by atomic mass is 9.93. The third-order valence-corrected chi connectivity index (χ3v) is 3.61. The zero-order valence-corrected chi connectivity index (χ0v) is 12.0. The normalized spacial score (nSPS) is 23.1. The zero-order valence-electron chi connectivity index (χ0n) is 10.5. The van der Waals surface area contributed by atoms with E-state index in [2.05, 4.69) is 15.3 Å². The summed E-state index contributed by atoms with van der Waals surface area (Å²) in [6.45, 7) is 0. The fourth-order valence-corrected chi connectivity index (χ4v) is 2.62. The Balaban J connectivity index is 1.94. The average molecular weight is 304 g/mol. The van der Waals surface area contributed by atoms with Crippen molar-refractivity contribution in [1.82, 2.24) is 15.3 Å². The molecule has 104 valence electrons. The summed E-state index contributed by atoms with van der Waals surface area (Å²) in [4.78, 5) is 19.6. The van der Waals surface area contributed by atoms with Crippen molar-refractivity contribution in [1.29, 1.82) is 0 Å². The molecule has 0 bridgehead atoms. The topological polar surface area (TPSA) is 64.1 Å². The van der Waals surface area contributed by atoms with Crippen LogP contribution < -0.4 is 5.32 Å². The van der Waals surface area contributed by atoms with Crippen LogP contribution in [0.2, 0.25) is 10.4 Å². The molecule has 1 aromatic rings. The molecule has 1 aromatic heterocycles.